The van der Waals surface area contributed by atoms with Crippen molar-refractivity contribution < 1.29 is 0 Å². The third-order valence-corrected chi connectivity index (χ3v) is 5.09. The number of aromatic nitrogens is 2. The molecule has 0 radical (unpaired) electrons. The van der Waals surface area contributed by atoms with Gasteiger partial charge in [-0.15, -0.1) is 22.9 Å². The van der Waals surface area contributed by atoms with E-state index in [9.17, 15) is 4.79 Å². The summed E-state index contributed by atoms with van der Waals surface area (Å²) in [6.45, 7) is 4.43. The predicted molar refractivity (Wildman–Crippen MR) is 75.8 cm³/mol. The molecule has 0 unspecified atom stereocenters. The summed E-state index contributed by atoms with van der Waals surface area (Å²) in [5.41, 5.74) is 1.25. The minimum atomic E-state index is -0.0388. The molecular weight excluding hydrogens is 268 g/mol. The standard InChI is InChI=1S/C13H15ClN2OS/c1-13(2)5-3-4-7-10(13)9-11(17)15-8(6-14)16-12(9)18-7/h3-6H2,1-2H3,(H,15,16,17). The Bertz CT molecular complexity index is 671. The van der Waals surface area contributed by atoms with Crippen LogP contribution in [-0.2, 0) is 17.7 Å². The van der Waals surface area contributed by atoms with Crippen LogP contribution >= 0.6 is 22.9 Å². The Morgan fingerprint density at radius 1 is 1.50 bits per heavy atom. The van der Waals surface area contributed by atoms with E-state index in [1.807, 2.05) is 0 Å². The van der Waals surface area contributed by atoms with Crippen LogP contribution in [0, 0.1) is 0 Å². The highest BCUT2D eigenvalue weighted by molar-refractivity contribution is 7.18. The number of nitrogens with zero attached hydrogens (tertiary/aromatic N) is 1. The molecule has 0 saturated heterocycles. The van der Waals surface area contributed by atoms with Crippen LogP contribution in [0.1, 0.15) is 43.0 Å². The summed E-state index contributed by atoms with van der Waals surface area (Å²) < 4.78 is 0. The Labute approximate surface area is 114 Å². The highest BCUT2D eigenvalue weighted by Crippen LogP contribution is 2.43. The lowest BCUT2D eigenvalue weighted by Gasteiger charge is -2.30. The van der Waals surface area contributed by atoms with Gasteiger partial charge in [0.05, 0.1) is 11.3 Å². The number of hydrogen-bond donors (Lipinski definition) is 1. The van der Waals surface area contributed by atoms with Gasteiger partial charge in [-0.2, -0.15) is 0 Å². The third-order valence-electron chi connectivity index (χ3n) is 3.69. The second-order valence-electron chi connectivity index (χ2n) is 5.46. The average Bonchev–Trinajstić information content (AvgIpc) is 2.68. The first-order chi connectivity index (χ1) is 8.53. The Morgan fingerprint density at radius 2 is 2.28 bits per heavy atom. The molecule has 3 rings (SSSR count). The van der Waals surface area contributed by atoms with E-state index >= 15 is 0 Å². The summed E-state index contributed by atoms with van der Waals surface area (Å²) in [5.74, 6) is 0.808. The molecule has 5 heteroatoms. The van der Waals surface area contributed by atoms with E-state index in [0.29, 0.717) is 5.82 Å². The topological polar surface area (TPSA) is 45.8 Å². The van der Waals surface area contributed by atoms with E-state index < -0.39 is 0 Å². The number of halogens is 1. The molecule has 1 N–H and O–H groups in total. The van der Waals surface area contributed by atoms with Crippen molar-refractivity contribution in [3.8, 4) is 0 Å². The van der Waals surface area contributed by atoms with Crippen molar-refractivity contribution in [1.29, 1.82) is 0 Å². The molecule has 18 heavy (non-hydrogen) atoms. The summed E-state index contributed by atoms with van der Waals surface area (Å²) in [7, 11) is 0. The molecule has 2 aromatic rings. The van der Waals surface area contributed by atoms with Gasteiger partial charge in [-0.05, 0) is 30.2 Å². The van der Waals surface area contributed by atoms with Gasteiger partial charge < -0.3 is 4.98 Å². The first-order valence-electron chi connectivity index (χ1n) is 6.14. The highest BCUT2D eigenvalue weighted by Gasteiger charge is 2.32. The second kappa shape index (κ2) is 4.07. The zero-order valence-corrected chi connectivity index (χ0v) is 12.0. The molecule has 0 aromatic carbocycles. The van der Waals surface area contributed by atoms with Crippen LogP contribution in [0.2, 0.25) is 0 Å². The van der Waals surface area contributed by atoms with Crippen molar-refractivity contribution in [3.05, 3.63) is 26.6 Å². The molecule has 1 aliphatic carbocycles. The Kier molecular flexibility index (Phi) is 2.75. The normalized spacial score (nSPS) is 17.9. The van der Waals surface area contributed by atoms with Crippen LogP contribution in [0.3, 0.4) is 0 Å². The van der Waals surface area contributed by atoms with Crippen LogP contribution in [0.4, 0.5) is 0 Å². The molecule has 0 saturated carbocycles. The van der Waals surface area contributed by atoms with Crippen molar-refractivity contribution in [2.24, 2.45) is 0 Å². The third kappa shape index (κ3) is 1.70. The number of hydrogen-bond acceptors (Lipinski definition) is 3. The number of alkyl halides is 1. The maximum atomic E-state index is 12.2. The largest absolute Gasteiger partial charge is 0.309 e. The molecule has 0 fully saturated rings. The van der Waals surface area contributed by atoms with E-state index in [2.05, 4.69) is 23.8 Å². The molecule has 0 spiro atoms. The SMILES string of the molecule is CC1(C)CCCc2sc3nc(CCl)[nH]c(=O)c3c21. The van der Waals surface area contributed by atoms with Crippen molar-refractivity contribution in [1.82, 2.24) is 9.97 Å². The number of rotatable bonds is 1. The quantitative estimate of drug-likeness (QED) is 0.816. The number of thiophene rings is 1. The fourth-order valence-electron chi connectivity index (χ4n) is 2.87. The van der Waals surface area contributed by atoms with Gasteiger partial charge in [-0.25, -0.2) is 4.98 Å². The molecule has 96 valence electrons. The summed E-state index contributed by atoms with van der Waals surface area (Å²) in [5, 5.41) is 0.786. The van der Waals surface area contributed by atoms with Crippen molar-refractivity contribution in [2.75, 3.05) is 0 Å². The zero-order valence-electron chi connectivity index (χ0n) is 10.5. The average molecular weight is 283 g/mol. The summed E-state index contributed by atoms with van der Waals surface area (Å²) >= 11 is 7.41. The number of fused-ring (bicyclic) bond motifs is 3. The highest BCUT2D eigenvalue weighted by atomic mass is 35.5. The molecule has 0 aliphatic heterocycles. The molecular formula is C13H15ClN2OS. The second-order valence-corrected chi connectivity index (χ2v) is 6.81. The van der Waals surface area contributed by atoms with Crippen molar-refractivity contribution >= 4 is 33.2 Å². The first kappa shape index (κ1) is 12.2. The minimum absolute atomic E-state index is 0.0388. The monoisotopic (exact) mass is 282 g/mol. The zero-order chi connectivity index (χ0) is 12.9. The van der Waals surface area contributed by atoms with Crippen LogP contribution in [0.15, 0.2) is 4.79 Å². The Hall–Kier alpha value is -0.870. The summed E-state index contributed by atoms with van der Waals surface area (Å²) in [6, 6.07) is 0. The van der Waals surface area contributed by atoms with Gasteiger partial charge in [-0.1, -0.05) is 13.8 Å². The molecule has 2 heterocycles. The van der Waals surface area contributed by atoms with E-state index in [1.165, 1.54) is 16.9 Å². The number of nitrogens with one attached hydrogen (secondary N) is 1. The number of aryl methyl sites for hydroxylation is 1. The molecule has 1 aliphatic rings. The molecule has 0 amide bonds. The minimum Gasteiger partial charge on any atom is -0.309 e. The lowest BCUT2D eigenvalue weighted by atomic mass is 9.75. The van der Waals surface area contributed by atoms with Crippen molar-refractivity contribution in [2.45, 2.75) is 44.4 Å². The van der Waals surface area contributed by atoms with Gasteiger partial charge in [0, 0.05) is 4.88 Å². The number of aromatic amines is 1. The fourth-order valence-corrected chi connectivity index (χ4v) is 4.41. The fraction of sp³-hybridized carbons (Fsp3) is 0.538. The van der Waals surface area contributed by atoms with Gasteiger partial charge in [0.2, 0.25) is 0 Å². The summed E-state index contributed by atoms with van der Waals surface area (Å²) in [4.78, 5) is 21.6. The molecule has 3 nitrogen and oxygen atoms in total. The predicted octanol–water partition coefficient (Wildman–Crippen LogP) is 3.34. The molecule has 0 bridgehead atoms. The van der Waals surface area contributed by atoms with Crippen LogP contribution < -0.4 is 5.56 Å². The maximum Gasteiger partial charge on any atom is 0.259 e. The van der Waals surface area contributed by atoms with Gasteiger partial charge in [0.1, 0.15) is 10.7 Å². The van der Waals surface area contributed by atoms with Crippen LogP contribution in [-0.4, -0.2) is 9.97 Å². The Balaban J connectivity index is 2.39. The van der Waals surface area contributed by atoms with Crippen molar-refractivity contribution in [3.63, 3.8) is 0 Å². The maximum absolute atomic E-state index is 12.2. The van der Waals surface area contributed by atoms with E-state index in [0.717, 1.165) is 23.1 Å². The lowest BCUT2D eigenvalue weighted by molar-refractivity contribution is 0.439. The van der Waals surface area contributed by atoms with Gasteiger partial charge >= 0.3 is 0 Å². The van der Waals surface area contributed by atoms with E-state index in [1.54, 1.807) is 11.3 Å². The smallest absolute Gasteiger partial charge is 0.259 e. The van der Waals surface area contributed by atoms with Crippen LogP contribution in [0.25, 0.3) is 10.2 Å². The summed E-state index contributed by atoms with van der Waals surface area (Å²) in [6.07, 6.45) is 3.38. The first-order valence-corrected chi connectivity index (χ1v) is 7.49. The van der Waals surface area contributed by atoms with E-state index in [-0.39, 0.29) is 16.9 Å². The van der Waals surface area contributed by atoms with Gasteiger partial charge in [0.25, 0.3) is 5.56 Å². The lowest BCUT2D eigenvalue weighted by Crippen LogP contribution is -2.24. The number of H-pyrrole nitrogens is 1. The van der Waals surface area contributed by atoms with Crippen LogP contribution in [0.5, 0.6) is 0 Å². The van der Waals surface area contributed by atoms with E-state index in [4.69, 9.17) is 11.6 Å². The molecule has 0 atom stereocenters. The van der Waals surface area contributed by atoms with Gasteiger partial charge in [-0.3, -0.25) is 4.79 Å². The van der Waals surface area contributed by atoms with Gasteiger partial charge in [0.15, 0.2) is 0 Å². The Morgan fingerprint density at radius 3 is 3.00 bits per heavy atom. The molecule has 2 aromatic heterocycles.